The standard InChI is InChI=1S/C10H13N3O/c1-6(2)7-3-4-11-9-8(7)5-12-10(14)13-9/h3-4,6H,5H2,1-2H3,(H2,11,12,13,14). The Balaban J connectivity index is 2.46. The maximum Gasteiger partial charge on any atom is 0.320 e. The summed E-state index contributed by atoms with van der Waals surface area (Å²) in [6, 6.07) is 1.83. The van der Waals surface area contributed by atoms with Crippen LogP contribution in [0.25, 0.3) is 0 Å². The predicted molar refractivity (Wildman–Crippen MR) is 54.2 cm³/mol. The summed E-state index contributed by atoms with van der Waals surface area (Å²) in [4.78, 5) is 15.2. The summed E-state index contributed by atoms with van der Waals surface area (Å²) in [6.45, 7) is 4.83. The van der Waals surface area contributed by atoms with Gasteiger partial charge in [0.2, 0.25) is 0 Å². The number of hydrogen-bond donors (Lipinski definition) is 2. The first-order valence-corrected chi connectivity index (χ1v) is 4.71. The molecule has 2 amide bonds. The van der Waals surface area contributed by atoms with E-state index in [-0.39, 0.29) is 6.03 Å². The second-order valence-corrected chi connectivity index (χ2v) is 3.69. The Morgan fingerprint density at radius 1 is 1.50 bits per heavy atom. The number of amides is 2. The third-order valence-electron chi connectivity index (χ3n) is 2.37. The molecule has 1 aromatic rings. The predicted octanol–water partition coefficient (Wildman–Crippen LogP) is 1.84. The first kappa shape index (κ1) is 8.99. The van der Waals surface area contributed by atoms with Crippen molar-refractivity contribution < 1.29 is 4.79 Å². The Morgan fingerprint density at radius 3 is 3.00 bits per heavy atom. The molecule has 4 nitrogen and oxygen atoms in total. The number of rotatable bonds is 1. The van der Waals surface area contributed by atoms with Crippen molar-refractivity contribution in [2.75, 3.05) is 5.32 Å². The number of nitrogens with zero attached hydrogens (tertiary/aromatic N) is 1. The van der Waals surface area contributed by atoms with Gasteiger partial charge in [-0.25, -0.2) is 9.78 Å². The molecule has 0 aliphatic carbocycles. The van der Waals surface area contributed by atoms with Gasteiger partial charge in [0.15, 0.2) is 0 Å². The Hall–Kier alpha value is -1.58. The molecule has 2 rings (SSSR count). The lowest BCUT2D eigenvalue weighted by Gasteiger charge is -2.21. The van der Waals surface area contributed by atoms with Crippen LogP contribution < -0.4 is 10.6 Å². The molecule has 4 heteroatoms. The van der Waals surface area contributed by atoms with Gasteiger partial charge in [0.05, 0.1) is 0 Å². The SMILES string of the molecule is CC(C)c1ccnc2c1CNC(=O)N2. The number of anilines is 1. The largest absolute Gasteiger partial charge is 0.334 e. The topological polar surface area (TPSA) is 54.0 Å². The van der Waals surface area contributed by atoms with Crippen LogP contribution in [0.3, 0.4) is 0 Å². The van der Waals surface area contributed by atoms with Gasteiger partial charge < -0.3 is 5.32 Å². The number of carbonyl (C=O) groups is 1. The fraction of sp³-hybridized carbons (Fsp3) is 0.400. The molecule has 2 N–H and O–H groups in total. The zero-order valence-electron chi connectivity index (χ0n) is 8.29. The molecule has 0 unspecified atom stereocenters. The first-order valence-electron chi connectivity index (χ1n) is 4.71. The second-order valence-electron chi connectivity index (χ2n) is 3.69. The van der Waals surface area contributed by atoms with Crippen LogP contribution in [0.1, 0.15) is 30.9 Å². The summed E-state index contributed by atoms with van der Waals surface area (Å²) in [5.74, 6) is 1.14. The molecule has 2 heterocycles. The summed E-state index contributed by atoms with van der Waals surface area (Å²) >= 11 is 0. The molecule has 0 atom stereocenters. The molecule has 1 aliphatic rings. The van der Waals surface area contributed by atoms with Crippen molar-refractivity contribution in [2.45, 2.75) is 26.3 Å². The lowest BCUT2D eigenvalue weighted by molar-refractivity contribution is 0.250. The van der Waals surface area contributed by atoms with E-state index in [9.17, 15) is 4.79 Å². The number of pyridine rings is 1. The highest BCUT2D eigenvalue weighted by molar-refractivity contribution is 5.91. The molecular formula is C10H13N3O. The van der Waals surface area contributed by atoms with Crippen LogP contribution >= 0.6 is 0 Å². The molecule has 0 saturated heterocycles. The number of nitrogens with one attached hydrogen (secondary N) is 2. The maximum absolute atomic E-state index is 11.0. The highest BCUT2D eigenvalue weighted by atomic mass is 16.2. The fourth-order valence-electron chi connectivity index (χ4n) is 1.66. The first-order chi connectivity index (χ1) is 6.68. The van der Waals surface area contributed by atoms with Gasteiger partial charge in [0, 0.05) is 18.3 Å². The number of urea groups is 1. The van der Waals surface area contributed by atoms with Crippen molar-refractivity contribution in [3.8, 4) is 0 Å². The summed E-state index contributed by atoms with van der Waals surface area (Å²) in [7, 11) is 0. The van der Waals surface area contributed by atoms with E-state index in [1.807, 2.05) is 6.07 Å². The van der Waals surface area contributed by atoms with E-state index in [1.54, 1.807) is 6.20 Å². The minimum Gasteiger partial charge on any atom is -0.334 e. The van der Waals surface area contributed by atoms with Crippen molar-refractivity contribution in [3.63, 3.8) is 0 Å². The summed E-state index contributed by atoms with van der Waals surface area (Å²) < 4.78 is 0. The highest BCUT2D eigenvalue weighted by Crippen LogP contribution is 2.25. The van der Waals surface area contributed by atoms with Gasteiger partial charge >= 0.3 is 6.03 Å². The van der Waals surface area contributed by atoms with E-state index in [2.05, 4.69) is 29.5 Å². The average Bonchev–Trinajstić information content (AvgIpc) is 2.16. The molecule has 0 aromatic carbocycles. The van der Waals surface area contributed by atoms with Gasteiger partial charge in [-0.3, -0.25) is 5.32 Å². The molecular weight excluding hydrogens is 178 g/mol. The van der Waals surface area contributed by atoms with Crippen molar-refractivity contribution in [3.05, 3.63) is 23.4 Å². The lowest BCUT2D eigenvalue weighted by atomic mass is 9.98. The van der Waals surface area contributed by atoms with Gasteiger partial charge in [0.25, 0.3) is 0 Å². The highest BCUT2D eigenvalue weighted by Gasteiger charge is 2.18. The molecule has 0 bridgehead atoms. The van der Waals surface area contributed by atoms with Crippen LogP contribution in [-0.2, 0) is 6.54 Å². The van der Waals surface area contributed by atoms with Crippen molar-refractivity contribution >= 4 is 11.8 Å². The maximum atomic E-state index is 11.0. The molecule has 0 saturated carbocycles. The second kappa shape index (κ2) is 3.29. The third-order valence-corrected chi connectivity index (χ3v) is 2.37. The van der Waals surface area contributed by atoms with Crippen LogP contribution in [0.2, 0.25) is 0 Å². The van der Waals surface area contributed by atoms with Crippen LogP contribution in [0.4, 0.5) is 10.6 Å². The minimum absolute atomic E-state index is 0.175. The van der Waals surface area contributed by atoms with E-state index < -0.39 is 0 Å². The molecule has 0 spiro atoms. The Bertz CT molecular complexity index is 374. The molecule has 14 heavy (non-hydrogen) atoms. The van der Waals surface area contributed by atoms with Crippen molar-refractivity contribution in [1.82, 2.24) is 10.3 Å². The summed E-state index contributed by atoms with van der Waals surface area (Å²) in [5, 5.41) is 5.44. The van der Waals surface area contributed by atoms with Crippen LogP contribution in [-0.4, -0.2) is 11.0 Å². The molecule has 1 aromatic heterocycles. The molecule has 0 fully saturated rings. The molecule has 74 valence electrons. The van der Waals surface area contributed by atoms with Gasteiger partial charge in [-0.2, -0.15) is 0 Å². The Kier molecular flexibility index (Phi) is 2.11. The van der Waals surface area contributed by atoms with E-state index >= 15 is 0 Å². The zero-order chi connectivity index (χ0) is 10.1. The van der Waals surface area contributed by atoms with E-state index in [0.717, 1.165) is 5.56 Å². The van der Waals surface area contributed by atoms with E-state index in [4.69, 9.17) is 0 Å². The van der Waals surface area contributed by atoms with Gasteiger partial charge in [0.1, 0.15) is 5.82 Å². The lowest BCUT2D eigenvalue weighted by Crippen LogP contribution is -2.34. The average molecular weight is 191 g/mol. The monoisotopic (exact) mass is 191 g/mol. The quantitative estimate of drug-likeness (QED) is 0.711. The number of fused-ring (bicyclic) bond motifs is 1. The molecule has 0 radical (unpaired) electrons. The van der Waals surface area contributed by atoms with Crippen LogP contribution in [0.15, 0.2) is 12.3 Å². The Morgan fingerprint density at radius 2 is 2.29 bits per heavy atom. The van der Waals surface area contributed by atoms with Gasteiger partial charge in [-0.1, -0.05) is 13.8 Å². The van der Waals surface area contributed by atoms with Crippen LogP contribution in [0.5, 0.6) is 0 Å². The van der Waals surface area contributed by atoms with Crippen molar-refractivity contribution in [2.24, 2.45) is 0 Å². The van der Waals surface area contributed by atoms with E-state index in [0.29, 0.717) is 18.3 Å². The number of hydrogen-bond acceptors (Lipinski definition) is 2. The van der Waals surface area contributed by atoms with Gasteiger partial charge in [-0.05, 0) is 17.5 Å². The normalized spacial score (nSPS) is 14.6. The third kappa shape index (κ3) is 1.43. The smallest absolute Gasteiger partial charge is 0.320 e. The Labute approximate surface area is 82.7 Å². The van der Waals surface area contributed by atoms with Crippen molar-refractivity contribution in [1.29, 1.82) is 0 Å². The summed E-state index contributed by atoms with van der Waals surface area (Å²) in [6.07, 6.45) is 1.74. The molecule has 1 aliphatic heterocycles. The summed E-state index contributed by atoms with van der Waals surface area (Å²) in [5.41, 5.74) is 2.34. The van der Waals surface area contributed by atoms with Gasteiger partial charge in [-0.15, -0.1) is 0 Å². The number of carbonyl (C=O) groups excluding carboxylic acids is 1. The minimum atomic E-state index is -0.175. The van der Waals surface area contributed by atoms with Crippen LogP contribution in [0, 0.1) is 0 Å². The zero-order valence-corrected chi connectivity index (χ0v) is 8.29. The van der Waals surface area contributed by atoms with E-state index in [1.165, 1.54) is 5.56 Å². The number of aromatic nitrogens is 1. The fourth-order valence-corrected chi connectivity index (χ4v) is 1.66.